The molecule has 5 heteroatoms. The average Bonchev–Trinajstić information content (AvgIpc) is 2.16. The number of para-hydroxylation sites is 1. The molecule has 78 valence electrons. The summed E-state index contributed by atoms with van der Waals surface area (Å²) in [7, 11) is 0. The van der Waals surface area contributed by atoms with Gasteiger partial charge in [0.25, 0.3) is 0 Å². The van der Waals surface area contributed by atoms with Crippen LogP contribution >= 0.6 is 0 Å². The zero-order valence-corrected chi connectivity index (χ0v) is 8.23. The minimum Gasteiger partial charge on any atom is -0.370 e. The Labute approximate surface area is 86.0 Å². The van der Waals surface area contributed by atoms with Crippen molar-refractivity contribution in [3.63, 3.8) is 0 Å². The van der Waals surface area contributed by atoms with Gasteiger partial charge in [-0.1, -0.05) is 18.2 Å². The summed E-state index contributed by atoms with van der Waals surface area (Å²) in [5.41, 5.74) is 5.00. The van der Waals surface area contributed by atoms with Crippen molar-refractivity contribution >= 4 is 16.8 Å². The number of benzene rings is 1. The predicted molar refractivity (Wildman–Crippen MR) is 57.2 cm³/mol. The normalized spacial score (nSPS) is 9.13. The smallest absolute Gasteiger partial charge is 0.345 e. The lowest BCUT2D eigenvalue weighted by molar-refractivity contribution is -0.115. The molecule has 0 radical (unpaired) electrons. The fourth-order valence-electron chi connectivity index (χ4n) is 0.999. The van der Waals surface area contributed by atoms with Gasteiger partial charge in [0.1, 0.15) is 0 Å². The van der Waals surface area contributed by atoms with Gasteiger partial charge >= 0.3 is 5.69 Å². The molecule has 0 saturated carbocycles. The quantitative estimate of drug-likeness (QED) is 0.653. The summed E-state index contributed by atoms with van der Waals surface area (Å²) < 4.78 is 0. The zero-order valence-electron chi connectivity index (χ0n) is 8.23. The second-order valence-corrected chi connectivity index (χ2v) is 2.89. The van der Waals surface area contributed by atoms with E-state index < -0.39 is 0 Å². The van der Waals surface area contributed by atoms with Crippen molar-refractivity contribution in [3.05, 3.63) is 40.9 Å². The average molecular weight is 205 g/mol. The molecule has 1 aromatic heterocycles. The number of nitrogens with two attached hydrogens (primary N) is 1. The number of rotatable bonds is 0. The van der Waals surface area contributed by atoms with Crippen molar-refractivity contribution in [1.82, 2.24) is 9.97 Å². The van der Waals surface area contributed by atoms with Gasteiger partial charge in [0, 0.05) is 18.5 Å². The Morgan fingerprint density at radius 3 is 2.67 bits per heavy atom. The molecule has 0 aliphatic heterocycles. The van der Waals surface area contributed by atoms with Crippen LogP contribution < -0.4 is 11.4 Å². The molecule has 0 bridgehead atoms. The minimum absolute atomic E-state index is 0.302. The molecule has 1 heterocycles. The lowest BCUT2D eigenvalue weighted by Gasteiger charge is -1.92. The largest absolute Gasteiger partial charge is 0.370 e. The number of carbonyl (C=O) groups excluding carboxylic acids is 1. The summed E-state index contributed by atoms with van der Waals surface area (Å²) in [6.07, 6.45) is 1.56. The van der Waals surface area contributed by atoms with Gasteiger partial charge in [-0.2, -0.15) is 0 Å². The third kappa shape index (κ3) is 3.60. The van der Waals surface area contributed by atoms with E-state index >= 15 is 0 Å². The summed E-state index contributed by atoms with van der Waals surface area (Å²) in [6, 6.07) is 7.53. The molecule has 0 aliphatic carbocycles. The van der Waals surface area contributed by atoms with Gasteiger partial charge in [-0.25, -0.2) is 9.78 Å². The van der Waals surface area contributed by atoms with E-state index in [1.165, 1.54) is 6.92 Å². The van der Waals surface area contributed by atoms with E-state index in [-0.39, 0.29) is 11.6 Å². The predicted octanol–water partition coefficient (Wildman–Crippen LogP) is 0.415. The second kappa shape index (κ2) is 4.90. The molecule has 3 N–H and O–H groups in total. The maximum Gasteiger partial charge on any atom is 0.345 e. The molecule has 0 fully saturated rings. The van der Waals surface area contributed by atoms with Gasteiger partial charge in [-0.3, -0.25) is 4.79 Å². The number of nitrogens with one attached hydrogen (secondary N) is 1. The Hall–Kier alpha value is -2.17. The number of carbonyl (C=O) groups is 1. The molecule has 1 aromatic carbocycles. The van der Waals surface area contributed by atoms with Gasteiger partial charge in [0.15, 0.2) is 0 Å². The number of hydrogen-bond acceptors (Lipinski definition) is 3. The van der Waals surface area contributed by atoms with Gasteiger partial charge in [0.05, 0.1) is 5.52 Å². The highest BCUT2D eigenvalue weighted by atomic mass is 16.1. The van der Waals surface area contributed by atoms with E-state index in [2.05, 4.69) is 15.7 Å². The SMILES string of the molecule is CC(N)=O.O=c1ncc2ccccc2[nH]1. The Morgan fingerprint density at radius 2 is 2.00 bits per heavy atom. The highest BCUT2D eigenvalue weighted by molar-refractivity contribution is 5.76. The van der Waals surface area contributed by atoms with Crippen molar-refractivity contribution in [2.75, 3.05) is 0 Å². The Kier molecular flexibility index (Phi) is 3.56. The number of aromatic nitrogens is 2. The van der Waals surface area contributed by atoms with Crippen molar-refractivity contribution < 1.29 is 4.79 Å². The van der Waals surface area contributed by atoms with Crippen LogP contribution in [0.3, 0.4) is 0 Å². The number of nitrogens with zero attached hydrogens (tertiary/aromatic N) is 1. The lowest BCUT2D eigenvalue weighted by Crippen LogP contribution is -2.07. The number of hydrogen-bond donors (Lipinski definition) is 2. The molecule has 0 spiro atoms. The van der Waals surface area contributed by atoms with Crippen LogP contribution in [0.2, 0.25) is 0 Å². The van der Waals surface area contributed by atoms with Gasteiger partial charge in [0.2, 0.25) is 5.91 Å². The molecule has 15 heavy (non-hydrogen) atoms. The summed E-state index contributed by atoms with van der Waals surface area (Å²) in [4.78, 5) is 26.2. The summed E-state index contributed by atoms with van der Waals surface area (Å²) in [5.74, 6) is -0.333. The molecule has 2 aromatic rings. The molecule has 0 aliphatic rings. The number of primary amides is 1. The lowest BCUT2D eigenvalue weighted by atomic mass is 10.2. The van der Waals surface area contributed by atoms with Crippen molar-refractivity contribution in [3.8, 4) is 0 Å². The third-order valence-electron chi connectivity index (χ3n) is 1.52. The third-order valence-corrected chi connectivity index (χ3v) is 1.52. The summed E-state index contributed by atoms with van der Waals surface area (Å²) >= 11 is 0. The Morgan fingerprint density at radius 1 is 1.40 bits per heavy atom. The Bertz CT molecular complexity index is 515. The second-order valence-electron chi connectivity index (χ2n) is 2.89. The van der Waals surface area contributed by atoms with Crippen LogP contribution in [-0.4, -0.2) is 15.9 Å². The van der Waals surface area contributed by atoms with Crippen LogP contribution in [0.15, 0.2) is 35.3 Å². The van der Waals surface area contributed by atoms with Crippen LogP contribution in [-0.2, 0) is 4.79 Å². The summed E-state index contributed by atoms with van der Waals surface area (Å²) in [6.45, 7) is 1.31. The molecule has 1 amide bonds. The van der Waals surface area contributed by atoms with Crippen molar-refractivity contribution in [2.45, 2.75) is 6.92 Å². The minimum atomic E-state index is -0.333. The topological polar surface area (TPSA) is 88.8 Å². The first-order valence-corrected chi connectivity index (χ1v) is 4.29. The molecular formula is C10H11N3O2. The highest BCUT2D eigenvalue weighted by Gasteiger charge is 1.90. The van der Waals surface area contributed by atoms with Crippen LogP contribution in [0, 0.1) is 0 Å². The number of aromatic amines is 1. The fraction of sp³-hybridized carbons (Fsp3) is 0.100. The Balaban J connectivity index is 0.000000245. The number of amides is 1. The van der Waals surface area contributed by atoms with E-state index in [0.29, 0.717) is 0 Å². The first-order chi connectivity index (χ1) is 7.09. The van der Waals surface area contributed by atoms with Gasteiger partial charge in [-0.15, -0.1) is 0 Å². The number of fused-ring (bicyclic) bond motifs is 1. The maximum atomic E-state index is 10.7. The molecular weight excluding hydrogens is 194 g/mol. The van der Waals surface area contributed by atoms with E-state index in [9.17, 15) is 9.59 Å². The maximum absolute atomic E-state index is 10.7. The first kappa shape index (κ1) is 10.9. The number of H-pyrrole nitrogens is 1. The molecule has 0 unspecified atom stereocenters. The molecule has 0 saturated heterocycles. The van der Waals surface area contributed by atoms with Crippen LogP contribution in [0.1, 0.15) is 6.92 Å². The molecule has 2 rings (SSSR count). The van der Waals surface area contributed by atoms with Crippen molar-refractivity contribution in [2.24, 2.45) is 5.73 Å². The van der Waals surface area contributed by atoms with Crippen LogP contribution in [0.5, 0.6) is 0 Å². The standard InChI is InChI=1S/C8H6N2O.C2H5NO/c11-8-9-5-6-3-1-2-4-7(6)10-8;1-2(3)4/h1-5H,(H,9,10,11);1H3,(H2,3,4). The fourth-order valence-corrected chi connectivity index (χ4v) is 0.999. The van der Waals surface area contributed by atoms with Crippen LogP contribution in [0.25, 0.3) is 10.9 Å². The van der Waals surface area contributed by atoms with E-state index in [1.54, 1.807) is 6.20 Å². The molecule has 5 nitrogen and oxygen atoms in total. The van der Waals surface area contributed by atoms with E-state index in [4.69, 9.17) is 0 Å². The molecule has 0 atom stereocenters. The summed E-state index contributed by atoms with van der Waals surface area (Å²) in [5, 5.41) is 0.951. The van der Waals surface area contributed by atoms with E-state index in [0.717, 1.165) is 10.9 Å². The monoisotopic (exact) mass is 205 g/mol. The van der Waals surface area contributed by atoms with E-state index in [1.807, 2.05) is 24.3 Å². The zero-order chi connectivity index (χ0) is 11.3. The van der Waals surface area contributed by atoms with Crippen molar-refractivity contribution in [1.29, 1.82) is 0 Å². The van der Waals surface area contributed by atoms with Crippen LogP contribution in [0.4, 0.5) is 0 Å². The first-order valence-electron chi connectivity index (χ1n) is 4.29. The highest BCUT2D eigenvalue weighted by Crippen LogP contribution is 2.05. The van der Waals surface area contributed by atoms with Gasteiger partial charge in [-0.05, 0) is 6.07 Å². The van der Waals surface area contributed by atoms with Gasteiger partial charge < -0.3 is 10.7 Å².